The second-order valence-electron chi connectivity index (χ2n) is 13.0. The van der Waals surface area contributed by atoms with Gasteiger partial charge in [-0.1, -0.05) is 23.4 Å². The fourth-order valence-electron chi connectivity index (χ4n) is 7.04. The molecule has 4 aromatic rings. The van der Waals surface area contributed by atoms with Crippen LogP contribution in [0, 0.1) is 5.41 Å². The Kier molecular flexibility index (Phi) is 7.53. The summed E-state index contributed by atoms with van der Waals surface area (Å²) >= 11 is 0. The van der Waals surface area contributed by atoms with Crippen molar-refractivity contribution in [2.75, 3.05) is 6.61 Å². The van der Waals surface area contributed by atoms with Crippen molar-refractivity contribution in [1.29, 1.82) is 0 Å². The van der Waals surface area contributed by atoms with Crippen molar-refractivity contribution in [2.24, 2.45) is 5.41 Å². The van der Waals surface area contributed by atoms with Crippen LogP contribution in [0.15, 0.2) is 53.1 Å². The largest absolute Gasteiger partial charge is 0.493 e. The van der Waals surface area contributed by atoms with E-state index in [1.54, 1.807) is 6.07 Å². The molecule has 0 spiro atoms. The molecule has 0 atom stereocenters. The van der Waals surface area contributed by atoms with Gasteiger partial charge in [-0.3, -0.25) is 0 Å². The third-order valence-corrected chi connectivity index (χ3v) is 9.96. The van der Waals surface area contributed by atoms with Gasteiger partial charge in [-0.05, 0) is 81.7 Å². The minimum Gasteiger partial charge on any atom is -0.493 e. The number of nitrogens with zero attached hydrogens (tertiary/aromatic N) is 2. The molecule has 2 aromatic carbocycles. The molecule has 4 fully saturated rings. The fraction of sp³-hybridized carbons (Fsp3) is 0.441. The molecule has 8 rings (SSSR count). The Balaban J connectivity index is 1.05. The number of hydrogen-bond acceptors (Lipinski definition) is 6. The van der Waals surface area contributed by atoms with Crippen molar-refractivity contribution in [2.45, 2.75) is 81.8 Å². The number of hydrogen-bond donors (Lipinski definition) is 1. The van der Waals surface area contributed by atoms with E-state index in [1.165, 1.54) is 30.3 Å². The molecule has 0 unspecified atom stereocenters. The Morgan fingerprint density at radius 1 is 0.915 bits per heavy atom. The first-order valence-electron chi connectivity index (χ1n) is 15.4. The maximum Gasteiger partial charge on any atom is 0.417 e. The smallest absolute Gasteiger partial charge is 0.417 e. The van der Waals surface area contributed by atoms with Gasteiger partial charge in [-0.25, -0.2) is 9.78 Å². The lowest BCUT2D eigenvalue weighted by Gasteiger charge is -2.52. The molecule has 2 heterocycles. The summed E-state index contributed by atoms with van der Waals surface area (Å²) in [5.74, 6) is -0.623. The van der Waals surface area contributed by atoms with Crippen molar-refractivity contribution in [3.63, 3.8) is 0 Å². The lowest BCUT2D eigenvalue weighted by atomic mass is 9.59. The van der Waals surface area contributed by atoms with Crippen LogP contribution in [0.5, 0.6) is 5.75 Å². The molecule has 13 heteroatoms. The number of ether oxygens (including phenoxy) is 2. The van der Waals surface area contributed by atoms with Crippen LogP contribution in [0.25, 0.3) is 22.2 Å². The average molecular weight is 661 g/mol. The zero-order valence-electron chi connectivity index (χ0n) is 25.0. The molecule has 0 saturated heterocycles. The molecule has 0 amide bonds. The molecule has 2 bridgehead atoms. The quantitative estimate of drug-likeness (QED) is 0.179. The topological polar surface area (TPSA) is 94.7 Å². The summed E-state index contributed by atoms with van der Waals surface area (Å²) in [6.07, 6.45) is -3.23. The van der Waals surface area contributed by atoms with Crippen LogP contribution in [-0.4, -0.2) is 33.4 Å². The van der Waals surface area contributed by atoms with Crippen LogP contribution >= 0.6 is 0 Å². The number of alkyl halides is 6. The summed E-state index contributed by atoms with van der Waals surface area (Å²) in [4.78, 5) is 15.2. The molecule has 4 saturated carbocycles. The van der Waals surface area contributed by atoms with Crippen LogP contribution in [0.3, 0.4) is 0 Å². The van der Waals surface area contributed by atoms with Gasteiger partial charge >= 0.3 is 18.3 Å². The minimum atomic E-state index is -4.78. The minimum absolute atomic E-state index is 0.0376. The van der Waals surface area contributed by atoms with Crippen LogP contribution in [0.4, 0.5) is 26.3 Å². The first-order chi connectivity index (χ1) is 22.3. The third kappa shape index (κ3) is 6.05. The molecule has 0 aliphatic heterocycles. The lowest BCUT2D eigenvalue weighted by Crippen LogP contribution is -2.49. The van der Waals surface area contributed by atoms with Gasteiger partial charge in [0.15, 0.2) is 0 Å². The molecule has 7 nitrogen and oxygen atoms in total. The maximum atomic E-state index is 13.9. The highest BCUT2D eigenvalue weighted by Gasteiger charge is 2.50. The summed E-state index contributed by atoms with van der Waals surface area (Å²) in [6.45, 7) is 0.364. The van der Waals surface area contributed by atoms with E-state index in [2.05, 4.69) is 10.1 Å². The molecule has 0 radical (unpaired) electrons. The Morgan fingerprint density at radius 2 is 1.60 bits per heavy atom. The molecular weight excluding hydrogens is 630 g/mol. The van der Waals surface area contributed by atoms with Crippen LogP contribution in [-0.2, 0) is 23.7 Å². The van der Waals surface area contributed by atoms with E-state index >= 15 is 0 Å². The number of pyridine rings is 1. The number of aromatic carboxylic acids is 1. The summed E-state index contributed by atoms with van der Waals surface area (Å²) in [5.41, 5.74) is -2.65. The van der Waals surface area contributed by atoms with Gasteiger partial charge in [-0.15, -0.1) is 0 Å². The highest BCUT2D eigenvalue weighted by molar-refractivity contribution is 5.92. The molecule has 4 aliphatic carbocycles. The van der Waals surface area contributed by atoms with Gasteiger partial charge in [0.2, 0.25) is 0 Å². The third-order valence-electron chi connectivity index (χ3n) is 9.96. The van der Waals surface area contributed by atoms with E-state index in [0.29, 0.717) is 36.7 Å². The highest BCUT2D eigenvalue weighted by Crippen LogP contribution is 2.55. The summed E-state index contributed by atoms with van der Waals surface area (Å²) in [6, 6.07) is 9.91. The Labute approximate surface area is 264 Å². The average Bonchev–Trinajstić information content (AvgIpc) is 3.81. The maximum absolute atomic E-state index is 13.9. The normalized spacial score (nSPS) is 22.9. The van der Waals surface area contributed by atoms with E-state index in [4.69, 9.17) is 14.0 Å². The van der Waals surface area contributed by atoms with E-state index in [9.17, 15) is 36.2 Å². The molecular formula is C34H30F6N2O5. The molecule has 47 heavy (non-hydrogen) atoms. The highest BCUT2D eigenvalue weighted by atomic mass is 19.4. The van der Waals surface area contributed by atoms with Gasteiger partial charge < -0.3 is 19.1 Å². The second kappa shape index (κ2) is 11.2. The number of benzene rings is 2. The number of halogens is 6. The number of aromatic nitrogens is 2. The van der Waals surface area contributed by atoms with Crippen molar-refractivity contribution >= 4 is 16.9 Å². The van der Waals surface area contributed by atoms with Crippen molar-refractivity contribution in [1.82, 2.24) is 10.1 Å². The summed E-state index contributed by atoms with van der Waals surface area (Å²) in [7, 11) is 0. The monoisotopic (exact) mass is 660 g/mol. The van der Waals surface area contributed by atoms with Gasteiger partial charge in [0.05, 0.1) is 35.5 Å². The Bertz CT molecular complexity index is 1820. The van der Waals surface area contributed by atoms with Crippen LogP contribution in [0.2, 0.25) is 0 Å². The van der Waals surface area contributed by atoms with Gasteiger partial charge in [0, 0.05) is 27.8 Å². The second-order valence-corrected chi connectivity index (χ2v) is 13.0. The first-order valence-corrected chi connectivity index (χ1v) is 15.4. The lowest BCUT2D eigenvalue weighted by molar-refractivity contribution is -0.150. The molecule has 248 valence electrons. The molecule has 1 N–H and O–H groups in total. The van der Waals surface area contributed by atoms with Gasteiger partial charge in [-0.2, -0.15) is 26.3 Å². The van der Waals surface area contributed by atoms with Crippen molar-refractivity contribution in [3.05, 3.63) is 76.7 Å². The molecule has 4 aliphatic rings. The van der Waals surface area contributed by atoms with Crippen LogP contribution in [0.1, 0.15) is 90.2 Å². The number of carboxylic acids is 1. The standard InChI is InChI=1S/C34H30F6N2O5/c35-33(36,37)24-4-2-1-3-21(24)28-23(29(47-42-28)19-5-6-19)17-46-32-12-9-31(10-13-32,11-14-32)18-45-20-7-8-26-22(15-20)25(34(38,39)40)16-27(41-26)30(43)44/h1-4,7-8,15-16,19H,5-6,9-14,17-18H2,(H,43,44). The van der Waals surface area contributed by atoms with E-state index in [1.807, 2.05) is 0 Å². The van der Waals surface area contributed by atoms with E-state index < -0.39 is 40.7 Å². The van der Waals surface area contributed by atoms with Crippen LogP contribution < -0.4 is 4.74 Å². The fourth-order valence-corrected chi connectivity index (χ4v) is 7.04. The first kappa shape index (κ1) is 31.5. The number of carboxylic acid groups (broad SMARTS) is 1. The number of rotatable bonds is 9. The molecule has 2 aromatic heterocycles. The summed E-state index contributed by atoms with van der Waals surface area (Å²) in [5, 5.41) is 13.1. The van der Waals surface area contributed by atoms with Crippen molar-refractivity contribution in [3.8, 4) is 17.0 Å². The Hall–Kier alpha value is -4.13. The SMILES string of the molecule is O=C(O)c1cc(C(F)(F)F)c2cc(OCC34CCC(OCc5c(-c6ccccc6C(F)(F)F)noc5C5CC5)(CC3)CC4)ccc2n1. The van der Waals surface area contributed by atoms with Crippen molar-refractivity contribution < 1.29 is 50.2 Å². The predicted molar refractivity (Wildman–Crippen MR) is 156 cm³/mol. The summed E-state index contributed by atoms with van der Waals surface area (Å²) < 4.78 is 101. The Morgan fingerprint density at radius 3 is 2.23 bits per heavy atom. The predicted octanol–water partition coefficient (Wildman–Crippen LogP) is 9.19. The van der Waals surface area contributed by atoms with E-state index in [-0.39, 0.29) is 52.5 Å². The zero-order valence-corrected chi connectivity index (χ0v) is 25.0. The van der Waals surface area contributed by atoms with E-state index in [0.717, 1.165) is 38.2 Å². The zero-order chi connectivity index (χ0) is 33.2. The number of fused-ring (bicyclic) bond motifs is 4. The number of carbonyl (C=O) groups is 1. The van der Waals surface area contributed by atoms with Gasteiger partial charge in [0.25, 0.3) is 0 Å². The van der Waals surface area contributed by atoms with Gasteiger partial charge in [0.1, 0.15) is 22.9 Å².